The summed E-state index contributed by atoms with van der Waals surface area (Å²) in [6.45, 7) is 28.5. The summed E-state index contributed by atoms with van der Waals surface area (Å²) >= 11 is 0. The Morgan fingerprint density at radius 3 is 0.983 bits per heavy atom. The summed E-state index contributed by atoms with van der Waals surface area (Å²) in [5, 5.41) is 8.54. The highest BCUT2D eigenvalue weighted by Crippen LogP contribution is 2.44. The van der Waals surface area contributed by atoms with Gasteiger partial charge in [-0.1, -0.05) is 204 Å². The highest BCUT2D eigenvalue weighted by Gasteiger charge is 2.31. The second-order valence-electron chi connectivity index (χ2n) is 36.4. The minimum atomic E-state index is -0.154. The Bertz CT molecular complexity index is 6400. The average molecular weight is 1600 g/mol. The first kappa shape index (κ1) is 79.5. The van der Waals surface area contributed by atoms with E-state index >= 15 is 4.39 Å². The van der Waals surface area contributed by atoms with Gasteiger partial charge >= 0.3 is 0 Å². The first-order chi connectivity index (χ1) is 59.5. The molecule has 0 unspecified atom stereocenters. The largest absolute Gasteiger partial charge is 0.223 e. The van der Waals surface area contributed by atoms with Crippen LogP contribution in [0.3, 0.4) is 0 Å². The van der Waals surface area contributed by atoms with E-state index in [9.17, 15) is 4.39 Å². The summed E-state index contributed by atoms with van der Waals surface area (Å²) in [4.78, 5) is 0. The van der Waals surface area contributed by atoms with E-state index in [-0.39, 0.29) is 11.6 Å². The van der Waals surface area contributed by atoms with Crippen LogP contribution >= 0.6 is 0 Å². The summed E-state index contributed by atoms with van der Waals surface area (Å²) in [6, 6.07) is 64.2. The third kappa shape index (κ3) is 17.4. The molecule has 18 rings (SSSR count). The SMILES string of the molecule is [2H]c1c(C)[n+](C)c(-c2c(C)c(C)cc(C)c2F)c2ccc(C3CCCCC3)cc12.[2H]c1c(C)[n+](C)c(-c2cc(C)c(F)c(C)c2C)c2ccc(C3CCCCC3)cc12.[2H]c1c(C)[n+](C)c(-c2ccc(-c3c(C)cccc3C)cc2C)c2ccc(C3CCCCC3)cc12.[2H]c1c(C)[n+](C)c(-c2ccc(-c3ccccc3)cc2C)c2ccc(C3CCCCC3)cc12. The van der Waals surface area contributed by atoms with Crippen LogP contribution in [0.5, 0.6) is 0 Å². The third-order valence-electron chi connectivity index (χ3n) is 28.4. The summed E-state index contributed by atoms with van der Waals surface area (Å²) in [7, 11) is 8.18. The molecule has 6 heteroatoms. The Morgan fingerprint density at radius 2 is 0.600 bits per heavy atom. The van der Waals surface area contributed by atoms with Crippen LogP contribution < -0.4 is 18.3 Å². The second kappa shape index (κ2) is 36.6. The number of rotatable bonds is 10. The lowest BCUT2D eigenvalue weighted by Crippen LogP contribution is -2.35. The number of halogens is 2. The average Bonchev–Trinajstić information content (AvgIpc) is 0.754. The Hall–Kier alpha value is -10.3. The van der Waals surface area contributed by atoms with Crippen LogP contribution in [0.25, 0.3) is 110 Å². The van der Waals surface area contributed by atoms with E-state index in [1.54, 1.807) is 0 Å². The van der Waals surface area contributed by atoms with Gasteiger partial charge in [-0.15, -0.1) is 0 Å². The first-order valence-corrected chi connectivity index (χ1v) is 45.1. The molecule has 4 aromatic heterocycles. The van der Waals surface area contributed by atoms with Crippen molar-refractivity contribution in [3.63, 3.8) is 0 Å². The number of aryl methyl sites for hydroxylation is 7. The number of nitrogens with zero attached hydrogens (tertiary/aromatic N) is 4. The monoisotopic (exact) mass is 1600 g/mol. The molecule has 10 aromatic carbocycles. The summed E-state index contributed by atoms with van der Waals surface area (Å²) in [5.41, 5.74) is 33.3. The van der Waals surface area contributed by atoms with Crippen LogP contribution in [-0.4, -0.2) is 0 Å². The van der Waals surface area contributed by atoms with Crippen molar-refractivity contribution in [2.75, 3.05) is 0 Å². The molecule has 0 radical (unpaired) electrons. The predicted molar refractivity (Wildman–Crippen MR) is 503 cm³/mol. The van der Waals surface area contributed by atoms with E-state index in [1.807, 2.05) is 86.2 Å². The number of aromatic nitrogens is 4. The van der Waals surface area contributed by atoms with Gasteiger partial charge in [0, 0.05) is 63.0 Å². The lowest BCUT2D eigenvalue weighted by Gasteiger charge is -2.22. The molecule has 0 N–H and O–H groups in total. The van der Waals surface area contributed by atoms with E-state index in [2.05, 4.69) is 227 Å². The molecule has 14 aromatic rings. The van der Waals surface area contributed by atoms with Gasteiger partial charge in [0.05, 0.1) is 38.2 Å². The molecule has 0 atom stereocenters. The molecule has 4 aliphatic carbocycles. The maximum Gasteiger partial charge on any atom is 0.223 e. The zero-order valence-corrected chi connectivity index (χ0v) is 75.2. The normalized spacial score (nSPS) is 15.5. The quantitative estimate of drug-likeness (QED) is 0.121. The molecule has 4 saturated carbocycles. The van der Waals surface area contributed by atoms with Crippen LogP contribution in [0.2, 0.25) is 0 Å². The molecule has 4 heterocycles. The standard InChI is InChI=1S/C32H36N.C30H32N.2C26H31FN/c1-21-10-9-11-22(2)31(21)27-15-16-29(23(3)18-27)32-30-17-14-26(25-12-7-6-8-13-25)20-28(30)19-24(4)33(32)5;1-21-18-25(23-10-6-4-7-11-23)14-16-28(21)30-29-17-15-26(24-12-8-5-9-13-24)20-27(29)19-22(2)31(30)3;1-16-13-24(18(3)19(4)25(16)27)26-23-12-11-21(20-9-7-6-8-10-20)15-22(23)14-17(2)28(26)5;1-16-13-17(2)25(27)24(19(16)4)26-23-12-11-21(20-9-7-6-8-10-20)15-22(23)14-18(3)28(26)5/h9-11,14-20,25H,6-8,12-13H2,1-5H3;4,6-7,10-11,14-20,24H,5,8-9,12-13H2,1-3H3;2*11-15,20H,6-10H2,1-5H3/q4*+1/i2*19D;2*14D. The van der Waals surface area contributed by atoms with Crippen molar-refractivity contribution in [2.24, 2.45) is 28.2 Å². The topological polar surface area (TPSA) is 15.5 Å². The van der Waals surface area contributed by atoms with Crippen LogP contribution in [0.4, 0.5) is 8.78 Å². The minimum Gasteiger partial charge on any atom is -0.206 e. The fourth-order valence-electron chi connectivity index (χ4n) is 20.8. The summed E-state index contributed by atoms with van der Waals surface area (Å²) in [5.74, 6) is 2.23. The van der Waals surface area contributed by atoms with E-state index in [0.717, 1.165) is 88.7 Å². The van der Waals surface area contributed by atoms with Gasteiger partial charge in [0.1, 0.15) is 39.8 Å². The second-order valence-corrected chi connectivity index (χ2v) is 36.4. The minimum absolute atomic E-state index is 0.119. The molecule has 0 saturated heterocycles. The molecule has 616 valence electrons. The first-order valence-electron chi connectivity index (χ1n) is 47.1. The van der Waals surface area contributed by atoms with Crippen molar-refractivity contribution >= 4 is 43.1 Å². The zero-order valence-electron chi connectivity index (χ0n) is 79.2. The lowest BCUT2D eigenvalue weighted by molar-refractivity contribution is -0.665. The molecule has 4 fully saturated rings. The maximum atomic E-state index is 15.4. The Morgan fingerprint density at radius 1 is 0.258 bits per heavy atom. The van der Waals surface area contributed by atoms with Gasteiger partial charge in [0.2, 0.25) is 22.8 Å². The van der Waals surface area contributed by atoms with Gasteiger partial charge in [-0.05, 0) is 308 Å². The molecule has 120 heavy (non-hydrogen) atoms. The molecule has 0 spiro atoms. The van der Waals surface area contributed by atoms with Crippen LogP contribution in [0.15, 0.2) is 194 Å². The van der Waals surface area contributed by atoms with Gasteiger partial charge in [-0.3, -0.25) is 0 Å². The molecule has 4 nitrogen and oxygen atoms in total. The highest BCUT2D eigenvalue weighted by atomic mass is 19.1. The number of pyridine rings is 4. The van der Waals surface area contributed by atoms with Crippen molar-refractivity contribution < 1.29 is 32.5 Å². The van der Waals surface area contributed by atoms with Crippen LogP contribution in [0, 0.1) is 109 Å². The number of hydrogen-bond acceptors (Lipinski definition) is 0. The molecular formula is C114H130F2N4+4. The van der Waals surface area contributed by atoms with Gasteiger partial charge < -0.3 is 0 Å². The fraction of sp³-hybridized carbons (Fsp3) is 0.368. The molecular weight excluding hydrogens is 1460 g/mol. The van der Waals surface area contributed by atoms with E-state index in [4.69, 9.17) is 5.48 Å². The fourth-order valence-corrected chi connectivity index (χ4v) is 20.8. The van der Waals surface area contributed by atoms with Crippen LogP contribution in [0.1, 0.15) is 258 Å². The van der Waals surface area contributed by atoms with Crippen molar-refractivity contribution in [3.8, 4) is 67.3 Å². The van der Waals surface area contributed by atoms with Crippen molar-refractivity contribution in [2.45, 2.75) is 249 Å². The molecule has 0 amide bonds. The molecule has 0 bridgehead atoms. The number of hydrogen-bond donors (Lipinski definition) is 0. The highest BCUT2D eigenvalue weighted by molar-refractivity contribution is 5.98. The van der Waals surface area contributed by atoms with Gasteiger partial charge in [-0.25, -0.2) is 8.78 Å². The Balaban J connectivity index is 0.000000128. The number of benzene rings is 10. The smallest absolute Gasteiger partial charge is 0.206 e. The Labute approximate surface area is 722 Å². The predicted octanol–water partition coefficient (Wildman–Crippen LogP) is 29.4. The van der Waals surface area contributed by atoms with Crippen molar-refractivity contribution in [1.29, 1.82) is 0 Å². The van der Waals surface area contributed by atoms with E-state index in [1.165, 1.54) is 228 Å². The number of fused-ring (bicyclic) bond motifs is 4. The van der Waals surface area contributed by atoms with E-state index < -0.39 is 0 Å². The molecule has 4 aliphatic rings. The van der Waals surface area contributed by atoms with Crippen molar-refractivity contribution in [3.05, 3.63) is 306 Å². The summed E-state index contributed by atoms with van der Waals surface area (Å²) in [6.07, 6.45) is 26.0. The van der Waals surface area contributed by atoms with Crippen molar-refractivity contribution in [1.82, 2.24) is 0 Å². The molecule has 0 aliphatic heterocycles. The summed E-state index contributed by atoms with van der Waals surface area (Å²) < 4.78 is 73.7. The third-order valence-corrected chi connectivity index (χ3v) is 28.4. The van der Waals surface area contributed by atoms with Gasteiger partial charge in [0.25, 0.3) is 0 Å². The van der Waals surface area contributed by atoms with Crippen LogP contribution in [-0.2, 0) is 28.2 Å². The van der Waals surface area contributed by atoms with Gasteiger partial charge in [-0.2, -0.15) is 18.3 Å². The van der Waals surface area contributed by atoms with Gasteiger partial charge in [0.15, 0.2) is 22.8 Å². The maximum absolute atomic E-state index is 15.4. The zero-order chi connectivity index (χ0) is 88.0. The lowest BCUT2D eigenvalue weighted by atomic mass is 9.83. The Kier molecular flexibility index (Phi) is 24.2. The van der Waals surface area contributed by atoms with E-state index in [0.29, 0.717) is 70.1 Å².